The van der Waals surface area contributed by atoms with E-state index in [1.807, 2.05) is 0 Å². The highest BCUT2D eigenvalue weighted by Gasteiger charge is 2.27. The Balaban J connectivity index is 2.52. The predicted octanol–water partition coefficient (Wildman–Crippen LogP) is 0.519. The third kappa shape index (κ3) is 0.832. The van der Waals surface area contributed by atoms with E-state index < -0.39 is 11.9 Å². The molecule has 1 aromatic rings. The van der Waals surface area contributed by atoms with Crippen molar-refractivity contribution in [1.29, 1.82) is 0 Å². The smallest absolute Gasteiger partial charge is 0.382 e. The summed E-state index contributed by atoms with van der Waals surface area (Å²) < 4.78 is 9.09. The number of rotatable bonds is 0. The van der Waals surface area contributed by atoms with E-state index in [1.54, 1.807) is 6.07 Å². The van der Waals surface area contributed by atoms with E-state index in [2.05, 4.69) is 4.74 Å². The molecule has 4 heteroatoms. The van der Waals surface area contributed by atoms with Gasteiger partial charge in [-0.2, -0.15) is 0 Å². The van der Waals surface area contributed by atoms with Crippen LogP contribution in [0.25, 0.3) is 0 Å². The van der Waals surface area contributed by atoms with Crippen LogP contribution in [0, 0.1) is 0 Å². The molecule has 1 aromatic heterocycles. The molecule has 0 radical (unpaired) electrons. The maximum atomic E-state index is 10.8. The Hall–Kier alpha value is -1.58. The van der Waals surface area contributed by atoms with Gasteiger partial charge in [-0.1, -0.05) is 0 Å². The molecule has 0 amide bonds. The molecule has 0 saturated heterocycles. The summed E-state index contributed by atoms with van der Waals surface area (Å²) in [7, 11) is 0. The molecule has 4 nitrogen and oxygen atoms in total. The minimum Gasteiger partial charge on any atom is -0.457 e. The van der Waals surface area contributed by atoms with Gasteiger partial charge in [0.15, 0.2) is 0 Å². The normalized spacial score (nSPS) is 16.0. The second kappa shape index (κ2) is 1.95. The Morgan fingerprint density at radius 3 is 3.00 bits per heavy atom. The van der Waals surface area contributed by atoms with Crippen LogP contribution in [0.4, 0.5) is 0 Å². The minimum absolute atomic E-state index is 0.123. The van der Waals surface area contributed by atoms with Crippen LogP contribution >= 0.6 is 0 Å². The third-order valence-electron chi connectivity index (χ3n) is 1.47. The van der Waals surface area contributed by atoms with Crippen LogP contribution in [0.5, 0.6) is 0 Å². The van der Waals surface area contributed by atoms with Crippen LogP contribution < -0.4 is 0 Å². The van der Waals surface area contributed by atoms with Gasteiger partial charge in [-0.3, -0.25) is 4.79 Å². The van der Waals surface area contributed by atoms with E-state index in [4.69, 9.17) is 4.42 Å². The predicted molar refractivity (Wildman–Crippen MR) is 32.8 cm³/mol. The average Bonchev–Trinajstić information content (AvgIpc) is 2.34. The van der Waals surface area contributed by atoms with Gasteiger partial charge in [0.05, 0.1) is 12.7 Å². The minimum atomic E-state index is -0.693. The van der Waals surface area contributed by atoms with Crippen molar-refractivity contribution in [2.75, 3.05) is 0 Å². The molecule has 0 unspecified atom stereocenters. The van der Waals surface area contributed by atoms with Crippen molar-refractivity contribution in [3.63, 3.8) is 0 Å². The van der Waals surface area contributed by atoms with E-state index in [9.17, 15) is 9.59 Å². The van der Waals surface area contributed by atoms with E-state index in [-0.39, 0.29) is 12.2 Å². The zero-order valence-electron chi connectivity index (χ0n) is 5.49. The fraction of sp³-hybridized carbons (Fsp3) is 0.143. The molecule has 0 spiro atoms. The summed E-state index contributed by atoms with van der Waals surface area (Å²) in [5.74, 6) is -1.07. The van der Waals surface area contributed by atoms with E-state index in [1.165, 1.54) is 6.26 Å². The summed E-state index contributed by atoms with van der Waals surface area (Å²) >= 11 is 0. The van der Waals surface area contributed by atoms with Crippen LogP contribution in [0.3, 0.4) is 0 Å². The molecule has 1 aliphatic rings. The average molecular weight is 152 g/mol. The Kier molecular flexibility index (Phi) is 1.09. The molecule has 0 N–H and O–H groups in total. The Labute approximate surface area is 61.8 Å². The van der Waals surface area contributed by atoms with Crippen LogP contribution in [0.2, 0.25) is 0 Å². The molecule has 0 bridgehead atoms. The van der Waals surface area contributed by atoms with Crippen molar-refractivity contribution in [3.05, 3.63) is 23.7 Å². The number of hydrogen-bond donors (Lipinski definition) is 0. The maximum Gasteiger partial charge on any atom is 0.382 e. The zero-order valence-corrected chi connectivity index (χ0v) is 5.49. The number of furan rings is 1. The van der Waals surface area contributed by atoms with Crippen molar-refractivity contribution in [1.82, 2.24) is 0 Å². The lowest BCUT2D eigenvalue weighted by atomic mass is 10.1. The summed E-state index contributed by atoms with van der Waals surface area (Å²) in [4.78, 5) is 21.5. The highest BCUT2D eigenvalue weighted by molar-refractivity contribution is 6.00. The molecular formula is C7H4O4. The molecule has 1 aliphatic heterocycles. The SMILES string of the molecule is O=C1Cc2ccoc2C(=O)O1. The summed E-state index contributed by atoms with van der Waals surface area (Å²) in [5, 5.41) is 0. The van der Waals surface area contributed by atoms with Crippen molar-refractivity contribution in [2.45, 2.75) is 6.42 Å². The first-order valence-corrected chi connectivity index (χ1v) is 3.09. The first-order chi connectivity index (χ1) is 5.27. The van der Waals surface area contributed by atoms with Gasteiger partial charge in [-0.25, -0.2) is 4.79 Å². The summed E-state index contributed by atoms with van der Waals surface area (Å²) in [5.41, 5.74) is 0.603. The molecule has 2 rings (SSSR count). The Bertz CT molecular complexity index is 323. The highest BCUT2D eigenvalue weighted by Crippen LogP contribution is 2.17. The fourth-order valence-electron chi connectivity index (χ4n) is 0.995. The van der Waals surface area contributed by atoms with Gasteiger partial charge in [0.1, 0.15) is 0 Å². The second-order valence-electron chi connectivity index (χ2n) is 2.21. The van der Waals surface area contributed by atoms with Crippen LogP contribution in [0.1, 0.15) is 16.1 Å². The number of fused-ring (bicyclic) bond motifs is 1. The fourth-order valence-corrected chi connectivity index (χ4v) is 0.995. The van der Waals surface area contributed by atoms with Crippen molar-refractivity contribution >= 4 is 11.9 Å². The monoisotopic (exact) mass is 152 g/mol. The Morgan fingerprint density at radius 1 is 1.36 bits per heavy atom. The molecule has 56 valence electrons. The number of hydrogen-bond acceptors (Lipinski definition) is 4. The zero-order chi connectivity index (χ0) is 7.84. The van der Waals surface area contributed by atoms with Crippen LogP contribution in [0.15, 0.2) is 16.7 Å². The molecule has 2 heterocycles. The highest BCUT2D eigenvalue weighted by atomic mass is 16.6. The number of carbonyl (C=O) groups excluding carboxylic acids is 2. The first-order valence-electron chi connectivity index (χ1n) is 3.09. The van der Waals surface area contributed by atoms with E-state index >= 15 is 0 Å². The van der Waals surface area contributed by atoms with Crippen LogP contribution in [-0.4, -0.2) is 11.9 Å². The quantitative estimate of drug-likeness (QED) is 0.401. The van der Waals surface area contributed by atoms with Crippen LogP contribution in [-0.2, 0) is 16.0 Å². The third-order valence-corrected chi connectivity index (χ3v) is 1.47. The molecule has 0 saturated carbocycles. The van der Waals surface area contributed by atoms with E-state index in [0.29, 0.717) is 5.56 Å². The van der Waals surface area contributed by atoms with Gasteiger partial charge in [-0.15, -0.1) is 0 Å². The first kappa shape index (κ1) is 6.15. The summed E-state index contributed by atoms with van der Waals surface area (Å²) in [6, 6.07) is 1.59. The topological polar surface area (TPSA) is 56.5 Å². The number of esters is 2. The molecular weight excluding hydrogens is 148 g/mol. The largest absolute Gasteiger partial charge is 0.457 e. The van der Waals surface area contributed by atoms with Gasteiger partial charge in [0.25, 0.3) is 0 Å². The molecule has 0 aliphatic carbocycles. The molecule has 0 atom stereocenters. The lowest BCUT2D eigenvalue weighted by molar-refractivity contribution is -0.138. The summed E-state index contributed by atoms with van der Waals surface area (Å²) in [6.45, 7) is 0. The second-order valence-corrected chi connectivity index (χ2v) is 2.21. The number of ether oxygens (including phenoxy) is 1. The maximum absolute atomic E-state index is 10.8. The number of carbonyl (C=O) groups is 2. The van der Waals surface area contributed by atoms with Gasteiger partial charge in [0, 0.05) is 5.56 Å². The number of cyclic esters (lactones) is 2. The van der Waals surface area contributed by atoms with E-state index in [0.717, 1.165) is 0 Å². The molecule has 0 fully saturated rings. The van der Waals surface area contributed by atoms with Crippen molar-refractivity contribution in [2.24, 2.45) is 0 Å². The standard InChI is InChI=1S/C7H4O4/c8-5-3-4-1-2-10-6(4)7(9)11-5/h1-2H,3H2. The lowest BCUT2D eigenvalue weighted by Crippen LogP contribution is -2.21. The molecule has 11 heavy (non-hydrogen) atoms. The van der Waals surface area contributed by atoms with Gasteiger partial charge in [0.2, 0.25) is 5.76 Å². The Morgan fingerprint density at radius 2 is 2.18 bits per heavy atom. The van der Waals surface area contributed by atoms with Crippen molar-refractivity contribution in [3.8, 4) is 0 Å². The van der Waals surface area contributed by atoms with Gasteiger partial charge in [-0.05, 0) is 6.07 Å². The van der Waals surface area contributed by atoms with Gasteiger partial charge < -0.3 is 9.15 Å². The molecule has 0 aromatic carbocycles. The van der Waals surface area contributed by atoms with Gasteiger partial charge >= 0.3 is 11.9 Å². The summed E-state index contributed by atoms with van der Waals surface area (Å²) in [6.07, 6.45) is 1.49. The van der Waals surface area contributed by atoms with Crippen molar-refractivity contribution < 1.29 is 18.7 Å². The lowest BCUT2D eigenvalue weighted by Gasteiger charge is -2.06.